The average molecular weight is 489 g/mol. The summed E-state index contributed by atoms with van der Waals surface area (Å²) in [6.45, 7) is 2.85. The summed E-state index contributed by atoms with van der Waals surface area (Å²) in [6.07, 6.45) is 7.02. The molecule has 1 spiro atoms. The van der Waals surface area contributed by atoms with Gasteiger partial charge in [0.15, 0.2) is 0 Å². The Morgan fingerprint density at radius 3 is 2.72 bits per heavy atom. The van der Waals surface area contributed by atoms with Crippen LogP contribution in [0.1, 0.15) is 60.4 Å². The van der Waals surface area contributed by atoms with E-state index in [0.717, 1.165) is 29.8 Å². The molecule has 0 radical (unpaired) electrons. The lowest BCUT2D eigenvalue weighted by Crippen LogP contribution is -2.41. The van der Waals surface area contributed by atoms with Crippen molar-refractivity contribution in [1.82, 2.24) is 9.47 Å². The van der Waals surface area contributed by atoms with Crippen LogP contribution in [0.2, 0.25) is 0 Å². The number of fused-ring (bicyclic) bond motifs is 5. The molecule has 2 aliphatic heterocycles. The van der Waals surface area contributed by atoms with E-state index in [1.54, 1.807) is 6.07 Å². The molecule has 2 fully saturated rings. The molecule has 0 amide bonds. The van der Waals surface area contributed by atoms with Crippen LogP contribution in [0.5, 0.6) is 5.75 Å². The second kappa shape index (κ2) is 9.24. The Morgan fingerprint density at radius 2 is 1.94 bits per heavy atom. The van der Waals surface area contributed by atoms with Gasteiger partial charge in [-0.05, 0) is 75.0 Å². The van der Waals surface area contributed by atoms with Gasteiger partial charge < -0.3 is 24.0 Å². The molecule has 1 N–H and O–H groups in total. The van der Waals surface area contributed by atoms with Crippen molar-refractivity contribution < 1.29 is 19.4 Å². The minimum atomic E-state index is -0.890. The predicted octanol–water partition coefficient (Wildman–Crippen LogP) is 5.78. The van der Waals surface area contributed by atoms with Crippen LogP contribution in [0.25, 0.3) is 22.2 Å². The molecule has 6 rings (SSSR count). The number of carboxylic acids is 1. The molecular formula is C30H36N2O4. The molecule has 3 aliphatic rings. The van der Waals surface area contributed by atoms with E-state index in [1.165, 1.54) is 48.7 Å². The standard InChI is InChI=1S/C30H36N2O4/c1-31(2)16-20-15-30(36-17-20)18-32-25-14-22(29(33)34)12-13-23(25)27(21-8-4-3-5-9-21)28(32)24-10-6-7-11-26(24)35-19-30/h6-7,10-14,20-21H,3-5,8-9,15-19H2,1-2H3,(H,33,34)/t20-,30-/m0/s1. The number of aromatic nitrogens is 1. The monoisotopic (exact) mass is 488 g/mol. The fourth-order valence-electron chi connectivity index (χ4n) is 6.88. The second-order valence-corrected chi connectivity index (χ2v) is 11.3. The van der Waals surface area contributed by atoms with Crippen LogP contribution in [0.3, 0.4) is 0 Å². The Labute approximate surface area is 212 Å². The van der Waals surface area contributed by atoms with Gasteiger partial charge in [0, 0.05) is 23.0 Å². The van der Waals surface area contributed by atoms with E-state index in [1.807, 2.05) is 18.2 Å². The van der Waals surface area contributed by atoms with Crippen molar-refractivity contribution in [2.75, 3.05) is 33.9 Å². The molecule has 6 nitrogen and oxygen atoms in total. The molecule has 0 bridgehead atoms. The molecule has 1 saturated carbocycles. The van der Waals surface area contributed by atoms with E-state index >= 15 is 0 Å². The Morgan fingerprint density at radius 1 is 1.14 bits per heavy atom. The third-order valence-corrected chi connectivity index (χ3v) is 8.35. The van der Waals surface area contributed by atoms with Gasteiger partial charge in [-0.1, -0.05) is 37.5 Å². The zero-order valence-electron chi connectivity index (χ0n) is 21.3. The Hall–Kier alpha value is -2.83. The number of hydrogen-bond donors (Lipinski definition) is 1. The summed E-state index contributed by atoms with van der Waals surface area (Å²) < 4.78 is 15.5. The van der Waals surface area contributed by atoms with E-state index in [-0.39, 0.29) is 0 Å². The molecule has 36 heavy (non-hydrogen) atoms. The molecule has 1 aromatic heterocycles. The summed E-state index contributed by atoms with van der Waals surface area (Å²) in [5.41, 5.74) is 4.53. The summed E-state index contributed by atoms with van der Waals surface area (Å²) >= 11 is 0. The lowest BCUT2D eigenvalue weighted by atomic mass is 9.81. The van der Waals surface area contributed by atoms with Gasteiger partial charge in [0.05, 0.1) is 24.4 Å². The number of nitrogens with zero attached hydrogens (tertiary/aromatic N) is 2. The normalized spacial score (nSPS) is 24.4. The molecule has 6 heteroatoms. The maximum absolute atomic E-state index is 12.0. The van der Waals surface area contributed by atoms with E-state index in [9.17, 15) is 9.90 Å². The predicted molar refractivity (Wildman–Crippen MR) is 141 cm³/mol. The van der Waals surface area contributed by atoms with Gasteiger partial charge in [0.2, 0.25) is 0 Å². The first-order chi connectivity index (χ1) is 17.4. The second-order valence-electron chi connectivity index (χ2n) is 11.3. The van der Waals surface area contributed by atoms with Crippen LogP contribution in [0.4, 0.5) is 0 Å². The number of benzene rings is 2. The van der Waals surface area contributed by atoms with Gasteiger partial charge in [0.25, 0.3) is 0 Å². The largest absolute Gasteiger partial charge is 0.490 e. The number of para-hydroxylation sites is 1. The first kappa shape index (κ1) is 23.6. The van der Waals surface area contributed by atoms with Crippen molar-refractivity contribution in [1.29, 1.82) is 0 Å². The van der Waals surface area contributed by atoms with Crippen LogP contribution in [0.15, 0.2) is 42.5 Å². The molecule has 2 aromatic carbocycles. The van der Waals surface area contributed by atoms with Crippen molar-refractivity contribution in [2.24, 2.45) is 5.92 Å². The maximum atomic E-state index is 12.0. The van der Waals surface area contributed by atoms with Gasteiger partial charge in [-0.2, -0.15) is 0 Å². The summed E-state index contributed by atoms with van der Waals surface area (Å²) in [7, 11) is 4.22. The summed E-state index contributed by atoms with van der Waals surface area (Å²) in [6, 6.07) is 14.0. The van der Waals surface area contributed by atoms with Crippen LogP contribution in [-0.4, -0.2) is 60.0 Å². The highest BCUT2D eigenvalue weighted by Gasteiger charge is 2.44. The molecular weight excluding hydrogens is 452 g/mol. The minimum absolute atomic E-state index is 0.330. The number of carboxylic acid groups (broad SMARTS) is 1. The first-order valence-electron chi connectivity index (χ1n) is 13.3. The Balaban J connectivity index is 1.58. The zero-order chi connectivity index (χ0) is 24.9. The van der Waals surface area contributed by atoms with Crippen molar-refractivity contribution in [3.63, 3.8) is 0 Å². The van der Waals surface area contributed by atoms with Gasteiger partial charge in [-0.3, -0.25) is 0 Å². The van der Waals surface area contributed by atoms with Gasteiger partial charge in [0.1, 0.15) is 18.0 Å². The van der Waals surface area contributed by atoms with Gasteiger partial charge in [-0.15, -0.1) is 0 Å². The quantitative estimate of drug-likeness (QED) is 0.504. The fraction of sp³-hybridized carbons (Fsp3) is 0.500. The lowest BCUT2D eigenvalue weighted by molar-refractivity contribution is -0.0429. The topological polar surface area (TPSA) is 63.9 Å². The highest BCUT2D eigenvalue weighted by Crippen LogP contribution is 2.48. The van der Waals surface area contributed by atoms with E-state index in [4.69, 9.17) is 9.47 Å². The SMILES string of the molecule is CN(C)C[C@H]1CO[C@@]2(COc3ccccc3-c3c(C4CCCCC4)c4ccc(C(=O)O)cc4n3C2)C1. The highest BCUT2D eigenvalue weighted by molar-refractivity contribution is 5.98. The number of hydrogen-bond acceptors (Lipinski definition) is 4. The number of aromatic carboxylic acids is 1. The van der Waals surface area contributed by atoms with E-state index in [2.05, 4.69) is 41.8 Å². The van der Waals surface area contributed by atoms with Crippen molar-refractivity contribution in [3.8, 4) is 17.0 Å². The third-order valence-electron chi connectivity index (χ3n) is 8.35. The van der Waals surface area contributed by atoms with Crippen molar-refractivity contribution in [3.05, 3.63) is 53.6 Å². The van der Waals surface area contributed by atoms with Crippen LogP contribution < -0.4 is 4.74 Å². The van der Waals surface area contributed by atoms with Crippen molar-refractivity contribution >= 4 is 16.9 Å². The van der Waals surface area contributed by atoms with Gasteiger partial charge in [-0.25, -0.2) is 4.79 Å². The summed E-state index contributed by atoms with van der Waals surface area (Å²) in [5, 5.41) is 11.0. The zero-order valence-corrected chi connectivity index (χ0v) is 21.3. The number of rotatable bonds is 4. The van der Waals surface area contributed by atoms with Crippen LogP contribution in [-0.2, 0) is 11.3 Å². The summed E-state index contributed by atoms with van der Waals surface area (Å²) in [4.78, 5) is 14.2. The van der Waals surface area contributed by atoms with Gasteiger partial charge >= 0.3 is 5.97 Å². The number of ether oxygens (including phenoxy) is 2. The van der Waals surface area contributed by atoms with E-state index in [0.29, 0.717) is 37.2 Å². The average Bonchev–Trinajstić information content (AvgIpc) is 3.40. The maximum Gasteiger partial charge on any atom is 0.335 e. The van der Waals surface area contributed by atoms with Crippen LogP contribution in [0, 0.1) is 5.92 Å². The van der Waals surface area contributed by atoms with Crippen molar-refractivity contribution in [2.45, 2.75) is 56.6 Å². The molecule has 3 aromatic rings. The lowest BCUT2D eigenvalue weighted by Gasteiger charge is -2.34. The first-order valence-corrected chi connectivity index (χ1v) is 13.3. The highest BCUT2D eigenvalue weighted by atomic mass is 16.5. The Kier molecular flexibility index (Phi) is 6.05. The molecule has 190 valence electrons. The summed E-state index contributed by atoms with van der Waals surface area (Å²) in [5.74, 6) is 0.897. The van der Waals surface area contributed by atoms with E-state index < -0.39 is 11.6 Å². The molecule has 1 saturated heterocycles. The number of carbonyl (C=O) groups is 1. The third kappa shape index (κ3) is 4.10. The molecule has 3 heterocycles. The Bertz CT molecular complexity index is 1290. The molecule has 0 unspecified atom stereocenters. The molecule has 1 aliphatic carbocycles. The smallest absolute Gasteiger partial charge is 0.335 e. The fourth-order valence-corrected chi connectivity index (χ4v) is 6.88. The molecule has 2 atom stereocenters. The van der Waals surface area contributed by atoms with Crippen LogP contribution >= 0.6 is 0 Å². The minimum Gasteiger partial charge on any atom is -0.490 e.